The van der Waals surface area contributed by atoms with Crippen LogP contribution in [0.15, 0.2) is 4.52 Å². The molecule has 0 radical (unpaired) electrons. The van der Waals surface area contributed by atoms with Gasteiger partial charge < -0.3 is 14.5 Å². The number of carboxylic acid groups (broad SMARTS) is 1. The second-order valence-electron chi connectivity index (χ2n) is 5.61. The van der Waals surface area contributed by atoms with Crippen LogP contribution in [0.4, 0.5) is 5.95 Å². The molecule has 6 heteroatoms. The van der Waals surface area contributed by atoms with E-state index in [9.17, 15) is 9.90 Å². The Kier molecular flexibility index (Phi) is 3.16. The van der Waals surface area contributed by atoms with E-state index in [1.165, 1.54) is 0 Å². The summed E-state index contributed by atoms with van der Waals surface area (Å²) in [5, 5.41) is 13.3. The van der Waals surface area contributed by atoms with Crippen LogP contribution in [0.1, 0.15) is 44.4 Å². The predicted octanol–water partition coefficient (Wildman–Crippen LogP) is 1.88. The van der Waals surface area contributed by atoms with Crippen molar-refractivity contribution >= 4 is 11.9 Å². The second kappa shape index (κ2) is 4.83. The molecule has 1 N–H and O–H groups in total. The molecule has 1 saturated carbocycles. The molecule has 19 heavy (non-hydrogen) atoms. The molecule has 1 aromatic rings. The summed E-state index contributed by atoms with van der Waals surface area (Å²) in [4.78, 5) is 17.6. The van der Waals surface area contributed by atoms with Gasteiger partial charge >= 0.3 is 5.97 Å². The maximum atomic E-state index is 11.3. The summed E-state index contributed by atoms with van der Waals surface area (Å²) in [6.07, 6.45) is 4.18. The molecule has 1 aromatic heterocycles. The highest BCUT2D eigenvalue weighted by Crippen LogP contribution is 2.40. The molecule has 1 aliphatic carbocycles. The number of aliphatic carboxylic acids is 1. The minimum Gasteiger partial charge on any atom is -0.481 e. The molecular weight excluding hydrogens is 246 g/mol. The maximum absolute atomic E-state index is 11.3. The van der Waals surface area contributed by atoms with Gasteiger partial charge in [0.25, 0.3) is 5.95 Å². The molecule has 2 fully saturated rings. The van der Waals surface area contributed by atoms with Crippen LogP contribution in [-0.4, -0.2) is 34.3 Å². The molecule has 2 aliphatic rings. The molecule has 6 nitrogen and oxygen atoms in total. The summed E-state index contributed by atoms with van der Waals surface area (Å²) >= 11 is 0. The van der Waals surface area contributed by atoms with Gasteiger partial charge in [-0.15, -0.1) is 0 Å². The monoisotopic (exact) mass is 265 g/mol. The van der Waals surface area contributed by atoms with Crippen LogP contribution in [-0.2, 0) is 4.79 Å². The van der Waals surface area contributed by atoms with E-state index in [0.717, 1.165) is 25.7 Å². The lowest BCUT2D eigenvalue weighted by atomic mass is 9.92. The molecule has 0 bridgehead atoms. The fourth-order valence-corrected chi connectivity index (χ4v) is 2.83. The molecule has 0 aromatic carbocycles. The van der Waals surface area contributed by atoms with Crippen LogP contribution in [0.3, 0.4) is 0 Å². The zero-order chi connectivity index (χ0) is 13.4. The lowest BCUT2D eigenvalue weighted by molar-refractivity contribution is -0.142. The van der Waals surface area contributed by atoms with Gasteiger partial charge in [0.2, 0.25) is 5.89 Å². The van der Waals surface area contributed by atoms with Gasteiger partial charge in [-0.25, -0.2) is 0 Å². The Bertz CT molecular complexity index is 469. The number of hydrogen-bond acceptors (Lipinski definition) is 5. The van der Waals surface area contributed by atoms with E-state index in [0.29, 0.717) is 30.8 Å². The van der Waals surface area contributed by atoms with E-state index in [-0.39, 0.29) is 11.8 Å². The van der Waals surface area contributed by atoms with Gasteiger partial charge in [-0.1, -0.05) is 13.3 Å². The van der Waals surface area contributed by atoms with Gasteiger partial charge in [0.15, 0.2) is 0 Å². The number of aromatic nitrogens is 2. The van der Waals surface area contributed by atoms with Crippen molar-refractivity contribution in [2.24, 2.45) is 11.8 Å². The lowest BCUT2D eigenvalue weighted by Crippen LogP contribution is -2.24. The summed E-state index contributed by atoms with van der Waals surface area (Å²) in [6, 6.07) is 0. The van der Waals surface area contributed by atoms with E-state index in [4.69, 9.17) is 4.52 Å². The molecule has 1 aliphatic heterocycles. The minimum absolute atomic E-state index is 0.186. The fraction of sp³-hybridized carbons (Fsp3) is 0.769. The number of carbonyl (C=O) groups is 1. The first-order chi connectivity index (χ1) is 9.19. The van der Waals surface area contributed by atoms with Gasteiger partial charge in [-0.05, 0) is 30.3 Å². The first-order valence-corrected chi connectivity index (χ1v) is 7.00. The van der Waals surface area contributed by atoms with Gasteiger partial charge in [0.1, 0.15) is 0 Å². The second-order valence-corrected chi connectivity index (χ2v) is 5.61. The third-order valence-corrected chi connectivity index (χ3v) is 4.06. The highest BCUT2D eigenvalue weighted by molar-refractivity contribution is 5.72. The third kappa shape index (κ3) is 2.43. The molecular formula is C13H19N3O3. The number of nitrogens with zero attached hydrogens (tertiary/aromatic N) is 3. The Morgan fingerprint density at radius 3 is 2.89 bits per heavy atom. The summed E-state index contributed by atoms with van der Waals surface area (Å²) in [6.45, 7) is 3.29. The highest BCUT2D eigenvalue weighted by atomic mass is 16.5. The van der Waals surface area contributed by atoms with Crippen molar-refractivity contribution in [3.05, 3.63) is 5.89 Å². The minimum atomic E-state index is -0.716. The van der Waals surface area contributed by atoms with E-state index >= 15 is 0 Å². The molecule has 0 spiro atoms. The Hall–Kier alpha value is -1.59. The first kappa shape index (κ1) is 12.4. The van der Waals surface area contributed by atoms with Crippen molar-refractivity contribution in [3.63, 3.8) is 0 Å². The van der Waals surface area contributed by atoms with Crippen molar-refractivity contribution in [2.45, 2.75) is 38.5 Å². The summed E-state index contributed by atoms with van der Waals surface area (Å²) in [7, 11) is 0. The van der Waals surface area contributed by atoms with Crippen LogP contribution >= 0.6 is 0 Å². The predicted molar refractivity (Wildman–Crippen MR) is 68.0 cm³/mol. The van der Waals surface area contributed by atoms with Gasteiger partial charge in [-0.3, -0.25) is 4.79 Å². The van der Waals surface area contributed by atoms with Crippen molar-refractivity contribution in [3.8, 4) is 0 Å². The fourth-order valence-electron chi connectivity index (χ4n) is 2.83. The van der Waals surface area contributed by atoms with E-state index in [1.54, 1.807) is 0 Å². The normalized spacial score (nSPS) is 26.9. The molecule has 3 rings (SSSR count). The van der Waals surface area contributed by atoms with Crippen LogP contribution in [0.2, 0.25) is 0 Å². The summed E-state index contributed by atoms with van der Waals surface area (Å²) in [5.41, 5.74) is 0. The van der Waals surface area contributed by atoms with Crippen molar-refractivity contribution in [1.82, 2.24) is 10.1 Å². The lowest BCUT2D eigenvalue weighted by Gasteiger charge is -2.12. The third-order valence-electron chi connectivity index (χ3n) is 4.06. The van der Waals surface area contributed by atoms with Crippen molar-refractivity contribution < 1.29 is 14.4 Å². The number of rotatable bonds is 5. The number of carboxylic acids is 1. The topological polar surface area (TPSA) is 79.5 Å². The quantitative estimate of drug-likeness (QED) is 0.875. The molecule has 0 unspecified atom stereocenters. The molecule has 2 atom stereocenters. The van der Waals surface area contributed by atoms with E-state index < -0.39 is 5.97 Å². The molecule has 104 valence electrons. The zero-order valence-electron chi connectivity index (χ0n) is 11.1. The van der Waals surface area contributed by atoms with Gasteiger partial charge in [0, 0.05) is 19.0 Å². The Balaban J connectivity index is 1.72. The first-order valence-electron chi connectivity index (χ1n) is 7.00. The molecule has 1 saturated heterocycles. The van der Waals surface area contributed by atoms with Crippen LogP contribution in [0, 0.1) is 11.8 Å². The largest absolute Gasteiger partial charge is 0.481 e. The van der Waals surface area contributed by atoms with E-state index in [1.807, 2.05) is 4.90 Å². The van der Waals surface area contributed by atoms with Crippen LogP contribution in [0.25, 0.3) is 0 Å². The van der Waals surface area contributed by atoms with Crippen LogP contribution < -0.4 is 4.90 Å². The Morgan fingerprint density at radius 2 is 2.26 bits per heavy atom. The Labute approximate surface area is 111 Å². The zero-order valence-corrected chi connectivity index (χ0v) is 11.1. The maximum Gasteiger partial charge on any atom is 0.308 e. The SMILES string of the molecule is CCC[C@@H]1CN(c2noc(C3CC3)n2)C[C@H]1C(=O)O. The number of anilines is 1. The standard InChI is InChI=1S/C13H19N3O3/c1-2-3-9-6-16(7-10(9)12(17)18)13-14-11(19-15-13)8-4-5-8/h8-10H,2-7H2,1H3,(H,17,18)/t9-,10-/m1/s1. The van der Waals surface area contributed by atoms with Gasteiger partial charge in [0.05, 0.1) is 5.92 Å². The highest BCUT2D eigenvalue weighted by Gasteiger charge is 2.39. The van der Waals surface area contributed by atoms with Gasteiger partial charge in [-0.2, -0.15) is 4.98 Å². The Morgan fingerprint density at radius 1 is 1.47 bits per heavy atom. The average molecular weight is 265 g/mol. The summed E-state index contributed by atoms with van der Waals surface area (Å²) < 4.78 is 5.24. The smallest absolute Gasteiger partial charge is 0.308 e. The molecule has 0 amide bonds. The van der Waals surface area contributed by atoms with E-state index in [2.05, 4.69) is 17.1 Å². The molecule has 2 heterocycles. The van der Waals surface area contributed by atoms with Crippen molar-refractivity contribution in [2.75, 3.05) is 18.0 Å². The number of hydrogen-bond donors (Lipinski definition) is 1. The average Bonchev–Trinajstić information content (AvgIpc) is 2.96. The summed E-state index contributed by atoms with van der Waals surface area (Å²) in [5.74, 6) is 0.859. The van der Waals surface area contributed by atoms with Crippen LogP contribution in [0.5, 0.6) is 0 Å². The van der Waals surface area contributed by atoms with Crippen molar-refractivity contribution in [1.29, 1.82) is 0 Å².